The summed E-state index contributed by atoms with van der Waals surface area (Å²) < 4.78 is 0. The minimum Gasteiger partial charge on any atom is -0.378 e. The molecule has 0 saturated heterocycles. The van der Waals surface area contributed by atoms with Crippen LogP contribution in [0.5, 0.6) is 0 Å². The van der Waals surface area contributed by atoms with Gasteiger partial charge in [0.25, 0.3) is 0 Å². The van der Waals surface area contributed by atoms with Crippen LogP contribution in [-0.2, 0) is 6.42 Å². The third-order valence-corrected chi connectivity index (χ3v) is 5.02. The van der Waals surface area contributed by atoms with Crippen LogP contribution >= 0.6 is 0 Å². The van der Waals surface area contributed by atoms with Crippen LogP contribution in [0.15, 0.2) is 121 Å². The quantitative estimate of drug-likeness (QED) is 0.294. The van der Waals surface area contributed by atoms with Gasteiger partial charge < -0.3 is 16.0 Å². The van der Waals surface area contributed by atoms with E-state index in [1.807, 2.05) is 18.2 Å². The molecule has 3 heteroatoms. The zero-order chi connectivity index (χ0) is 20.4. The average molecular weight is 394 g/mol. The molecule has 0 bridgehead atoms. The van der Waals surface area contributed by atoms with Gasteiger partial charge in [-0.15, -0.1) is 0 Å². The third-order valence-electron chi connectivity index (χ3n) is 5.02. The summed E-state index contributed by atoms with van der Waals surface area (Å²) in [4.78, 5) is 0. The summed E-state index contributed by atoms with van der Waals surface area (Å²) in [6, 6.07) is 41.8. The molecule has 4 aromatic carbocycles. The highest BCUT2D eigenvalue weighted by atomic mass is 15.2. The molecule has 0 radical (unpaired) electrons. The summed E-state index contributed by atoms with van der Waals surface area (Å²) in [7, 11) is 0. The second-order valence-corrected chi connectivity index (χ2v) is 7.30. The maximum Gasteiger partial charge on any atom is 0.118 e. The van der Waals surface area contributed by atoms with E-state index in [9.17, 15) is 0 Å². The first kappa shape index (κ1) is 19.6. The van der Waals surface area contributed by atoms with E-state index in [4.69, 9.17) is 0 Å². The molecule has 3 N–H and O–H groups in total. The second kappa shape index (κ2) is 10.2. The zero-order valence-corrected chi connectivity index (χ0v) is 16.9. The van der Waals surface area contributed by atoms with Crippen LogP contribution in [0.2, 0.25) is 0 Å². The van der Waals surface area contributed by atoms with Crippen molar-refractivity contribution >= 4 is 17.1 Å². The van der Waals surface area contributed by atoms with Crippen LogP contribution < -0.4 is 16.0 Å². The molecular formula is C27H27N3. The first-order valence-electron chi connectivity index (χ1n) is 10.4. The number of hydrogen-bond donors (Lipinski definition) is 3. The van der Waals surface area contributed by atoms with Crippen LogP contribution in [-0.4, -0.2) is 12.2 Å². The fraction of sp³-hybridized carbons (Fsp3) is 0.111. The number of anilines is 3. The Morgan fingerprint density at radius 1 is 0.433 bits per heavy atom. The van der Waals surface area contributed by atoms with Crippen molar-refractivity contribution < 1.29 is 0 Å². The van der Waals surface area contributed by atoms with Gasteiger partial charge in [-0.05, 0) is 48.4 Å². The van der Waals surface area contributed by atoms with Crippen molar-refractivity contribution in [3.05, 3.63) is 127 Å². The van der Waals surface area contributed by atoms with Gasteiger partial charge in [-0.2, -0.15) is 0 Å². The summed E-state index contributed by atoms with van der Waals surface area (Å²) in [6.45, 7) is 0. The smallest absolute Gasteiger partial charge is 0.118 e. The summed E-state index contributed by atoms with van der Waals surface area (Å²) in [5.41, 5.74) is 4.56. The van der Waals surface area contributed by atoms with Crippen molar-refractivity contribution in [3.8, 4) is 0 Å². The predicted molar refractivity (Wildman–Crippen MR) is 128 cm³/mol. The van der Waals surface area contributed by atoms with Crippen molar-refractivity contribution in [2.45, 2.75) is 18.6 Å². The zero-order valence-electron chi connectivity index (χ0n) is 16.9. The van der Waals surface area contributed by atoms with Gasteiger partial charge in [-0.25, -0.2) is 0 Å². The Balaban J connectivity index is 1.64. The number of para-hydroxylation sites is 3. The van der Waals surface area contributed by atoms with Crippen LogP contribution in [0.4, 0.5) is 17.1 Å². The Hall–Kier alpha value is -3.72. The highest BCUT2D eigenvalue weighted by Crippen LogP contribution is 2.19. The van der Waals surface area contributed by atoms with Crippen LogP contribution in [0.1, 0.15) is 5.56 Å². The molecule has 0 aliphatic carbocycles. The van der Waals surface area contributed by atoms with E-state index < -0.39 is 0 Å². The lowest BCUT2D eigenvalue weighted by atomic mass is 10.0. The largest absolute Gasteiger partial charge is 0.378 e. The molecule has 30 heavy (non-hydrogen) atoms. The topological polar surface area (TPSA) is 36.1 Å². The van der Waals surface area contributed by atoms with E-state index in [-0.39, 0.29) is 12.2 Å². The average Bonchev–Trinajstić information content (AvgIpc) is 2.81. The fourth-order valence-electron chi connectivity index (χ4n) is 3.53. The van der Waals surface area contributed by atoms with Crippen LogP contribution in [0.3, 0.4) is 0 Å². The Bertz CT molecular complexity index is 821. The monoisotopic (exact) mass is 393 g/mol. The highest BCUT2D eigenvalue weighted by molar-refractivity contribution is 5.52. The van der Waals surface area contributed by atoms with Gasteiger partial charge in [-0.1, -0.05) is 84.9 Å². The van der Waals surface area contributed by atoms with Gasteiger partial charge in [0.15, 0.2) is 0 Å². The highest BCUT2D eigenvalue weighted by Gasteiger charge is 2.22. The maximum atomic E-state index is 3.74. The van der Waals surface area contributed by atoms with Crippen molar-refractivity contribution in [2.24, 2.45) is 0 Å². The molecule has 0 heterocycles. The predicted octanol–water partition coefficient (Wildman–Crippen LogP) is 6.26. The van der Waals surface area contributed by atoms with Crippen molar-refractivity contribution in [1.29, 1.82) is 0 Å². The normalized spacial score (nSPS) is 11.6. The lowest BCUT2D eigenvalue weighted by molar-refractivity contribution is 0.634. The summed E-state index contributed by atoms with van der Waals surface area (Å²) in [6.07, 6.45) is 0.843. The Kier molecular flexibility index (Phi) is 6.64. The molecule has 0 saturated carbocycles. The number of nitrogens with one attached hydrogen (secondary N) is 3. The van der Waals surface area contributed by atoms with Gasteiger partial charge in [0, 0.05) is 17.1 Å². The van der Waals surface area contributed by atoms with Gasteiger partial charge in [-0.3, -0.25) is 0 Å². The molecule has 3 nitrogen and oxygen atoms in total. The van der Waals surface area contributed by atoms with E-state index in [0.29, 0.717) is 0 Å². The lowest BCUT2D eigenvalue weighted by Gasteiger charge is -2.32. The molecule has 4 rings (SSSR count). The van der Waals surface area contributed by atoms with Gasteiger partial charge in [0.1, 0.15) is 6.17 Å². The molecule has 0 amide bonds. The van der Waals surface area contributed by atoms with E-state index in [1.54, 1.807) is 0 Å². The molecule has 0 aliphatic heterocycles. The summed E-state index contributed by atoms with van der Waals surface area (Å²) in [5, 5.41) is 11.1. The molecule has 0 aliphatic rings. The van der Waals surface area contributed by atoms with Gasteiger partial charge >= 0.3 is 0 Å². The first-order chi connectivity index (χ1) is 14.9. The number of benzene rings is 4. The van der Waals surface area contributed by atoms with Crippen molar-refractivity contribution in [2.75, 3.05) is 16.0 Å². The SMILES string of the molecule is c1ccc(CC(Nc2ccccc2)C(Nc2ccccc2)Nc2ccccc2)cc1. The van der Waals surface area contributed by atoms with Crippen molar-refractivity contribution in [1.82, 2.24) is 0 Å². The Labute approximate surface area is 178 Å². The fourth-order valence-corrected chi connectivity index (χ4v) is 3.53. The number of hydrogen-bond acceptors (Lipinski definition) is 3. The maximum absolute atomic E-state index is 3.74. The molecular weight excluding hydrogens is 366 g/mol. The van der Waals surface area contributed by atoms with E-state index >= 15 is 0 Å². The minimum atomic E-state index is -0.0322. The minimum absolute atomic E-state index is 0.0322. The summed E-state index contributed by atoms with van der Waals surface area (Å²) in [5.74, 6) is 0. The van der Waals surface area contributed by atoms with Crippen LogP contribution in [0, 0.1) is 0 Å². The number of rotatable bonds is 9. The molecule has 150 valence electrons. The van der Waals surface area contributed by atoms with Gasteiger partial charge in [0.2, 0.25) is 0 Å². The summed E-state index contributed by atoms with van der Waals surface area (Å²) >= 11 is 0. The second-order valence-electron chi connectivity index (χ2n) is 7.30. The van der Waals surface area contributed by atoms with Gasteiger partial charge in [0.05, 0.1) is 6.04 Å². The third kappa shape index (κ3) is 5.65. The van der Waals surface area contributed by atoms with E-state index in [0.717, 1.165) is 23.5 Å². The lowest BCUT2D eigenvalue weighted by Crippen LogP contribution is -2.46. The molecule has 0 aromatic heterocycles. The molecule has 4 aromatic rings. The Morgan fingerprint density at radius 3 is 1.23 bits per heavy atom. The Morgan fingerprint density at radius 2 is 0.800 bits per heavy atom. The molecule has 0 spiro atoms. The van der Waals surface area contributed by atoms with Crippen molar-refractivity contribution in [3.63, 3.8) is 0 Å². The molecule has 1 atom stereocenters. The molecule has 1 unspecified atom stereocenters. The van der Waals surface area contributed by atoms with E-state index in [2.05, 4.69) is 119 Å². The van der Waals surface area contributed by atoms with Crippen LogP contribution in [0.25, 0.3) is 0 Å². The molecule has 0 fully saturated rings. The standard InChI is InChI=1S/C27H27N3/c1-5-13-22(14-6-1)21-26(28-23-15-7-2-8-16-23)27(29-24-17-9-3-10-18-24)30-25-19-11-4-12-20-25/h1-20,26-30H,21H2. The first-order valence-corrected chi connectivity index (χ1v) is 10.4. The van der Waals surface area contributed by atoms with E-state index in [1.165, 1.54) is 5.56 Å².